The van der Waals surface area contributed by atoms with Crippen molar-refractivity contribution in [2.24, 2.45) is 0 Å². The number of thioether (sulfide) groups is 1. The lowest BCUT2D eigenvalue weighted by molar-refractivity contribution is -0.113. The molecule has 0 aliphatic carbocycles. The second-order valence-electron chi connectivity index (χ2n) is 5.93. The molecule has 3 aromatic rings. The molecule has 1 aromatic heterocycles. The minimum absolute atomic E-state index is 0.180. The fourth-order valence-corrected chi connectivity index (χ4v) is 3.37. The molecule has 1 amide bonds. The second kappa shape index (κ2) is 8.45. The predicted octanol–water partition coefficient (Wildman–Crippen LogP) is 4.28. The maximum Gasteiger partial charge on any atom is 0.234 e. The minimum atomic E-state index is -0.185. The van der Waals surface area contributed by atoms with Crippen molar-refractivity contribution >= 4 is 35.0 Å². The van der Waals surface area contributed by atoms with Crippen molar-refractivity contribution in [3.63, 3.8) is 0 Å². The highest BCUT2D eigenvalue weighted by molar-refractivity contribution is 7.99. The summed E-state index contributed by atoms with van der Waals surface area (Å²) >= 11 is 7.30. The number of halogens is 1. The third kappa shape index (κ3) is 4.61. The third-order valence-electron chi connectivity index (χ3n) is 4.05. The van der Waals surface area contributed by atoms with E-state index in [1.165, 1.54) is 22.9 Å². The Kier molecular flexibility index (Phi) is 6.03. The maximum absolute atomic E-state index is 12.3. The molecule has 0 aliphatic rings. The lowest BCUT2D eigenvalue weighted by atomic mass is 10.1. The molecule has 0 spiro atoms. The van der Waals surface area contributed by atoms with Crippen molar-refractivity contribution < 1.29 is 9.53 Å². The fraction of sp³-hybridized carbons (Fsp3) is 0.211. The number of nitrogens with one attached hydrogen (secondary N) is 1. The SMILES string of the molecule is COc1ccc(Cl)cc1NC(=O)CSc1nncn1-c1ccc(C)c(C)c1. The average molecular weight is 403 g/mol. The standard InChI is InChI=1S/C19H19ClN4O2S/c1-12-4-6-15(8-13(12)2)24-11-21-23-19(24)27-10-18(25)22-16-9-14(20)5-7-17(16)26-3/h4-9,11H,10H2,1-3H3,(H,22,25). The Labute approximate surface area is 166 Å². The molecule has 6 nitrogen and oxygen atoms in total. The molecule has 0 saturated carbocycles. The number of aryl methyl sites for hydroxylation is 2. The van der Waals surface area contributed by atoms with Crippen LogP contribution >= 0.6 is 23.4 Å². The van der Waals surface area contributed by atoms with Crippen molar-refractivity contribution in [3.8, 4) is 11.4 Å². The van der Waals surface area contributed by atoms with Crippen LogP contribution in [0.1, 0.15) is 11.1 Å². The van der Waals surface area contributed by atoms with Gasteiger partial charge in [0.25, 0.3) is 0 Å². The van der Waals surface area contributed by atoms with Gasteiger partial charge in [-0.25, -0.2) is 0 Å². The summed E-state index contributed by atoms with van der Waals surface area (Å²) in [5.74, 6) is 0.547. The van der Waals surface area contributed by atoms with Crippen LogP contribution in [0.25, 0.3) is 5.69 Å². The van der Waals surface area contributed by atoms with E-state index in [2.05, 4.69) is 41.5 Å². The van der Waals surface area contributed by atoms with E-state index in [-0.39, 0.29) is 11.7 Å². The first-order valence-corrected chi connectivity index (χ1v) is 9.58. The summed E-state index contributed by atoms with van der Waals surface area (Å²) in [4.78, 5) is 12.3. The van der Waals surface area contributed by atoms with Gasteiger partial charge in [-0.05, 0) is 55.3 Å². The van der Waals surface area contributed by atoms with E-state index in [4.69, 9.17) is 16.3 Å². The number of methoxy groups -OCH3 is 1. The Morgan fingerprint density at radius 3 is 2.78 bits per heavy atom. The smallest absolute Gasteiger partial charge is 0.234 e. The number of anilines is 1. The molecular formula is C19H19ClN4O2S. The lowest BCUT2D eigenvalue weighted by Crippen LogP contribution is -2.15. The van der Waals surface area contributed by atoms with E-state index in [0.29, 0.717) is 21.6 Å². The number of hydrogen-bond acceptors (Lipinski definition) is 5. The van der Waals surface area contributed by atoms with Gasteiger partial charge in [0.05, 0.1) is 18.6 Å². The van der Waals surface area contributed by atoms with Crippen LogP contribution in [-0.4, -0.2) is 33.5 Å². The largest absolute Gasteiger partial charge is 0.495 e. The van der Waals surface area contributed by atoms with Gasteiger partial charge in [0, 0.05) is 10.7 Å². The highest BCUT2D eigenvalue weighted by Gasteiger charge is 2.13. The van der Waals surface area contributed by atoms with Crippen LogP contribution in [0.3, 0.4) is 0 Å². The summed E-state index contributed by atoms with van der Waals surface area (Å²) in [6.45, 7) is 4.12. The first kappa shape index (κ1) is 19.3. The van der Waals surface area contributed by atoms with Gasteiger partial charge in [0.15, 0.2) is 5.16 Å². The Morgan fingerprint density at radius 1 is 1.22 bits per heavy atom. The first-order valence-electron chi connectivity index (χ1n) is 8.22. The fourth-order valence-electron chi connectivity index (χ4n) is 2.47. The van der Waals surface area contributed by atoms with E-state index in [1.807, 2.05) is 10.6 Å². The predicted molar refractivity (Wildman–Crippen MR) is 108 cm³/mol. The molecule has 0 unspecified atom stereocenters. The van der Waals surface area contributed by atoms with Crippen molar-refractivity contribution in [2.75, 3.05) is 18.2 Å². The van der Waals surface area contributed by atoms with E-state index in [9.17, 15) is 4.79 Å². The number of amides is 1. The van der Waals surface area contributed by atoms with Gasteiger partial charge in [-0.1, -0.05) is 29.4 Å². The number of carbonyl (C=O) groups is 1. The van der Waals surface area contributed by atoms with Gasteiger partial charge in [-0.2, -0.15) is 0 Å². The Hall–Kier alpha value is -2.51. The molecule has 0 bridgehead atoms. The summed E-state index contributed by atoms with van der Waals surface area (Å²) < 4.78 is 7.11. The van der Waals surface area contributed by atoms with Crippen LogP contribution in [0, 0.1) is 13.8 Å². The molecule has 1 heterocycles. The normalized spacial score (nSPS) is 10.7. The molecule has 140 valence electrons. The van der Waals surface area contributed by atoms with Crippen LogP contribution < -0.4 is 10.1 Å². The molecule has 0 fully saturated rings. The zero-order valence-electron chi connectivity index (χ0n) is 15.2. The molecule has 3 rings (SSSR count). The molecule has 0 atom stereocenters. The number of hydrogen-bond donors (Lipinski definition) is 1. The second-order valence-corrected chi connectivity index (χ2v) is 7.31. The van der Waals surface area contributed by atoms with E-state index >= 15 is 0 Å². The number of aromatic nitrogens is 3. The van der Waals surface area contributed by atoms with Gasteiger partial charge in [-0.3, -0.25) is 9.36 Å². The number of ether oxygens (including phenoxy) is 1. The van der Waals surface area contributed by atoms with Crippen LogP contribution in [0.5, 0.6) is 5.75 Å². The molecule has 27 heavy (non-hydrogen) atoms. The topological polar surface area (TPSA) is 69.0 Å². The minimum Gasteiger partial charge on any atom is -0.495 e. The quantitative estimate of drug-likeness (QED) is 0.623. The van der Waals surface area contributed by atoms with E-state index in [1.54, 1.807) is 31.6 Å². The van der Waals surface area contributed by atoms with Crippen molar-refractivity contribution in [3.05, 3.63) is 58.9 Å². The Morgan fingerprint density at radius 2 is 2.04 bits per heavy atom. The van der Waals surface area contributed by atoms with Crippen molar-refractivity contribution in [2.45, 2.75) is 19.0 Å². The molecule has 2 aromatic carbocycles. The molecule has 0 aliphatic heterocycles. The molecule has 0 saturated heterocycles. The maximum atomic E-state index is 12.3. The van der Waals surface area contributed by atoms with Crippen molar-refractivity contribution in [1.82, 2.24) is 14.8 Å². The molecule has 8 heteroatoms. The van der Waals surface area contributed by atoms with Crippen LogP contribution in [0.2, 0.25) is 5.02 Å². The first-order chi connectivity index (χ1) is 13.0. The average Bonchev–Trinajstić information content (AvgIpc) is 3.11. The summed E-state index contributed by atoms with van der Waals surface area (Å²) in [7, 11) is 1.54. The summed E-state index contributed by atoms with van der Waals surface area (Å²) in [5.41, 5.74) is 3.90. The van der Waals surface area contributed by atoms with Crippen molar-refractivity contribution in [1.29, 1.82) is 0 Å². The van der Waals surface area contributed by atoms with Crippen LogP contribution in [0.15, 0.2) is 47.9 Å². The van der Waals surface area contributed by atoms with Gasteiger partial charge in [0.1, 0.15) is 12.1 Å². The summed E-state index contributed by atoms with van der Waals surface area (Å²) in [6, 6.07) is 11.2. The zero-order valence-corrected chi connectivity index (χ0v) is 16.8. The summed E-state index contributed by atoms with van der Waals surface area (Å²) in [5, 5.41) is 12.1. The van der Waals surface area contributed by atoms with Crippen LogP contribution in [-0.2, 0) is 4.79 Å². The zero-order chi connectivity index (χ0) is 19.4. The van der Waals surface area contributed by atoms with Gasteiger partial charge >= 0.3 is 0 Å². The van der Waals surface area contributed by atoms with E-state index < -0.39 is 0 Å². The Bertz CT molecular complexity index is 974. The van der Waals surface area contributed by atoms with Gasteiger partial charge < -0.3 is 10.1 Å². The monoisotopic (exact) mass is 402 g/mol. The van der Waals surface area contributed by atoms with E-state index in [0.717, 1.165) is 5.69 Å². The highest BCUT2D eigenvalue weighted by atomic mass is 35.5. The molecular weight excluding hydrogens is 384 g/mol. The van der Waals surface area contributed by atoms with Gasteiger partial charge in [0.2, 0.25) is 5.91 Å². The number of rotatable bonds is 6. The number of carbonyl (C=O) groups excluding carboxylic acids is 1. The highest BCUT2D eigenvalue weighted by Crippen LogP contribution is 2.28. The number of benzene rings is 2. The lowest BCUT2D eigenvalue weighted by Gasteiger charge is -2.11. The van der Waals surface area contributed by atoms with Crippen LogP contribution in [0.4, 0.5) is 5.69 Å². The summed E-state index contributed by atoms with van der Waals surface area (Å²) in [6.07, 6.45) is 1.64. The molecule has 1 N–H and O–H groups in total. The third-order valence-corrected chi connectivity index (χ3v) is 5.23. The number of nitrogens with zero attached hydrogens (tertiary/aromatic N) is 3. The molecule has 0 radical (unpaired) electrons. The Balaban J connectivity index is 1.69. The van der Waals surface area contributed by atoms with Gasteiger partial charge in [-0.15, -0.1) is 10.2 Å².